The number of halogens is 3. The Balaban J connectivity index is 1.52. The fraction of sp³-hybridized carbons (Fsp3) is 0.355. The topological polar surface area (TPSA) is 57.6 Å². The Kier molecular flexibility index (Phi) is 8.18. The van der Waals surface area contributed by atoms with Gasteiger partial charge in [-0.2, -0.15) is 0 Å². The number of carbonyl (C=O) groups excluding carboxylic acids is 1. The largest absolute Gasteiger partial charge is 0.478 e. The van der Waals surface area contributed by atoms with Crippen molar-refractivity contribution in [3.05, 3.63) is 98.6 Å². The highest BCUT2D eigenvalue weighted by atomic mass is 35.5. The smallest absolute Gasteiger partial charge is 0.335 e. The minimum Gasteiger partial charge on any atom is -0.478 e. The second-order valence-electron chi connectivity index (χ2n) is 10.2. The monoisotopic (exact) mass is 553 g/mol. The van der Waals surface area contributed by atoms with Gasteiger partial charge in [-0.15, -0.1) is 11.6 Å². The molecular formula is C31H30Cl2FNO3. The summed E-state index contributed by atoms with van der Waals surface area (Å²) in [6, 6.07) is 13.1. The molecule has 0 amide bonds. The molecule has 0 spiro atoms. The molecule has 1 atom stereocenters. The van der Waals surface area contributed by atoms with E-state index in [0.717, 1.165) is 57.7 Å². The van der Waals surface area contributed by atoms with Crippen LogP contribution in [0.25, 0.3) is 5.57 Å². The Bertz CT molecular complexity index is 1340. The molecule has 2 aromatic carbocycles. The second-order valence-corrected chi connectivity index (χ2v) is 11.2. The quantitative estimate of drug-likeness (QED) is 0.281. The molecule has 1 unspecified atom stereocenters. The van der Waals surface area contributed by atoms with Crippen molar-refractivity contribution < 1.29 is 19.1 Å². The third kappa shape index (κ3) is 5.51. The molecular weight excluding hydrogens is 524 g/mol. The average molecular weight is 554 g/mol. The number of aromatic carboxylic acids is 1. The Labute approximate surface area is 232 Å². The van der Waals surface area contributed by atoms with E-state index in [1.165, 1.54) is 0 Å². The number of allylic oxidation sites excluding steroid dienone is 5. The average Bonchev–Trinajstić information content (AvgIpc) is 3.07. The van der Waals surface area contributed by atoms with Crippen molar-refractivity contribution in [1.82, 2.24) is 4.90 Å². The molecule has 38 heavy (non-hydrogen) atoms. The van der Waals surface area contributed by atoms with Gasteiger partial charge < -0.3 is 10.0 Å². The highest BCUT2D eigenvalue weighted by Gasteiger charge is 2.33. The number of alkyl halides is 2. The molecule has 1 heterocycles. The highest BCUT2D eigenvalue weighted by Crippen LogP contribution is 2.42. The van der Waals surface area contributed by atoms with Gasteiger partial charge in [0.05, 0.1) is 17.6 Å². The van der Waals surface area contributed by atoms with E-state index >= 15 is 0 Å². The van der Waals surface area contributed by atoms with Gasteiger partial charge in [-0.25, -0.2) is 4.79 Å². The number of carbonyl (C=O) groups is 2. The SMILES string of the molecule is O=C(O)c1ccc2c(c1)CCCC(C1=CC=C(Cl)CC1Cl)=C2c1ccc(C(=O)C2CN(CCCF)C2)cc1. The van der Waals surface area contributed by atoms with Crippen LogP contribution in [0.5, 0.6) is 0 Å². The lowest BCUT2D eigenvalue weighted by Gasteiger charge is -2.38. The lowest BCUT2D eigenvalue weighted by molar-refractivity contribution is 0.0613. The zero-order chi connectivity index (χ0) is 26.8. The number of hydrogen-bond donors (Lipinski definition) is 1. The van der Waals surface area contributed by atoms with Crippen molar-refractivity contribution >= 4 is 40.5 Å². The first-order valence-corrected chi connectivity index (χ1v) is 13.9. The van der Waals surface area contributed by atoms with Crippen LogP contribution in [-0.4, -0.2) is 53.4 Å². The number of aryl methyl sites for hydroxylation is 1. The molecule has 1 fully saturated rings. The van der Waals surface area contributed by atoms with Crippen LogP contribution in [-0.2, 0) is 6.42 Å². The van der Waals surface area contributed by atoms with Gasteiger partial charge >= 0.3 is 5.97 Å². The maximum Gasteiger partial charge on any atom is 0.335 e. The molecule has 2 aromatic rings. The van der Waals surface area contributed by atoms with Gasteiger partial charge in [-0.3, -0.25) is 9.18 Å². The molecule has 198 valence electrons. The van der Waals surface area contributed by atoms with Crippen molar-refractivity contribution in [3.8, 4) is 0 Å². The summed E-state index contributed by atoms with van der Waals surface area (Å²) in [6.45, 7) is 1.71. The van der Waals surface area contributed by atoms with E-state index in [-0.39, 0.29) is 29.3 Å². The third-order valence-electron chi connectivity index (χ3n) is 7.69. The first-order valence-electron chi connectivity index (χ1n) is 13.1. The Morgan fingerprint density at radius 3 is 2.45 bits per heavy atom. The molecule has 1 saturated heterocycles. The highest BCUT2D eigenvalue weighted by molar-refractivity contribution is 6.31. The molecule has 1 N–H and O–H groups in total. The first-order chi connectivity index (χ1) is 18.4. The van der Waals surface area contributed by atoms with E-state index in [2.05, 4.69) is 4.90 Å². The molecule has 2 aliphatic carbocycles. The number of ketones is 1. The van der Waals surface area contributed by atoms with Crippen LogP contribution in [0.4, 0.5) is 4.39 Å². The number of benzene rings is 2. The van der Waals surface area contributed by atoms with Crippen molar-refractivity contribution in [2.45, 2.75) is 37.5 Å². The molecule has 0 radical (unpaired) electrons. The van der Waals surface area contributed by atoms with Crippen LogP contribution >= 0.6 is 23.2 Å². The number of nitrogens with zero attached hydrogens (tertiary/aromatic N) is 1. The lowest BCUT2D eigenvalue weighted by atomic mass is 9.84. The normalized spacial score (nSPS) is 20.2. The molecule has 0 aromatic heterocycles. The summed E-state index contributed by atoms with van der Waals surface area (Å²) in [7, 11) is 0. The number of carboxylic acid groups (broad SMARTS) is 1. The molecule has 0 saturated carbocycles. The van der Waals surface area contributed by atoms with E-state index in [4.69, 9.17) is 23.2 Å². The van der Waals surface area contributed by atoms with E-state index in [1.54, 1.807) is 12.1 Å². The standard InChI is InChI=1S/C31H30Cl2FNO3/c32-24-10-12-26(28(33)16-24)27-4-1-3-21-15-22(31(37)38)9-11-25(21)29(27)19-5-7-20(8-6-19)30(36)23-17-35(18-23)14-2-13-34/h5-12,15,23,28H,1-4,13-14,16-18H2,(H,37,38). The van der Waals surface area contributed by atoms with Crippen molar-refractivity contribution in [3.63, 3.8) is 0 Å². The number of Topliss-reactive ketones (excluding diaryl/α,β-unsaturated/α-hetero) is 1. The lowest BCUT2D eigenvalue weighted by Crippen LogP contribution is -2.50. The van der Waals surface area contributed by atoms with Crippen molar-refractivity contribution in [2.24, 2.45) is 5.92 Å². The van der Waals surface area contributed by atoms with Gasteiger partial charge in [0, 0.05) is 42.6 Å². The number of hydrogen-bond acceptors (Lipinski definition) is 3. The summed E-state index contributed by atoms with van der Waals surface area (Å²) in [5.41, 5.74) is 7.09. The van der Waals surface area contributed by atoms with Crippen LogP contribution in [0, 0.1) is 5.92 Å². The van der Waals surface area contributed by atoms with Crippen LogP contribution in [0.2, 0.25) is 0 Å². The fourth-order valence-corrected chi connectivity index (χ4v) is 6.37. The van der Waals surface area contributed by atoms with Gasteiger partial charge in [0.1, 0.15) is 0 Å². The van der Waals surface area contributed by atoms with Gasteiger partial charge in [0.25, 0.3) is 0 Å². The maximum atomic E-state index is 13.1. The first kappa shape index (κ1) is 26.9. The zero-order valence-corrected chi connectivity index (χ0v) is 22.6. The predicted octanol–water partition coefficient (Wildman–Crippen LogP) is 7.06. The molecule has 7 heteroatoms. The van der Waals surface area contributed by atoms with E-state index in [1.807, 2.05) is 42.5 Å². The molecule has 3 aliphatic rings. The van der Waals surface area contributed by atoms with Gasteiger partial charge in [-0.05, 0) is 77.3 Å². The second kappa shape index (κ2) is 11.6. The Hall–Kier alpha value is -2.73. The van der Waals surface area contributed by atoms with E-state index in [9.17, 15) is 19.1 Å². The van der Waals surface area contributed by atoms with E-state index < -0.39 is 5.97 Å². The summed E-state index contributed by atoms with van der Waals surface area (Å²) in [5.74, 6) is -0.880. The van der Waals surface area contributed by atoms with Crippen molar-refractivity contribution in [1.29, 1.82) is 0 Å². The Morgan fingerprint density at radius 1 is 1.03 bits per heavy atom. The zero-order valence-electron chi connectivity index (χ0n) is 21.1. The molecule has 0 bridgehead atoms. The third-order valence-corrected chi connectivity index (χ3v) is 8.36. The Morgan fingerprint density at radius 2 is 1.76 bits per heavy atom. The van der Waals surface area contributed by atoms with Gasteiger partial charge in [0.2, 0.25) is 0 Å². The number of rotatable bonds is 8. The van der Waals surface area contributed by atoms with Gasteiger partial charge in [-0.1, -0.05) is 48.0 Å². The van der Waals surface area contributed by atoms with Gasteiger partial charge in [0.15, 0.2) is 5.78 Å². The summed E-state index contributed by atoms with van der Waals surface area (Å²) < 4.78 is 12.4. The van der Waals surface area contributed by atoms with Crippen LogP contribution < -0.4 is 0 Å². The summed E-state index contributed by atoms with van der Waals surface area (Å²) in [4.78, 5) is 26.8. The van der Waals surface area contributed by atoms with Crippen LogP contribution in [0.15, 0.2) is 70.8 Å². The fourth-order valence-electron chi connectivity index (χ4n) is 5.70. The molecule has 5 rings (SSSR count). The predicted molar refractivity (Wildman–Crippen MR) is 150 cm³/mol. The van der Waals surface area contributed by atoms with Crippen LogP contribution in [0.1, 0.15) is 63.1 Å². The minimum absolute atomic E-state index is 0.0516. The van der Waals surface area contributed by atoms with E-state index in [0.29, 0.717) is 38.0 Å². The van der Waals surface area contributed by atoms with Crippen molar-refractivity contribution in [2.75, 3.05) is 26.3 Å². The number of fused-ring (bicyclic) bond motifs is 1. The summed E-state index contributed by atoms with van der Waals surface area (Å²) >= 11 is 13.1. The van der Waals surface area contributed by atoms with Crippen LogP contribution in [0.3, 0.4) is 0 Å². The minimum atomic E-state index is -0.944. The molecule has 1 aliphatic heterocycles. The summed E-state index contributed by atoms with van der Waals surface area (Å²) in [5, 5.41) is 10.0. The maximum absolute atomic E-state index is 13.1. The number of likely N-dealkylation sites (tertiary alicyclic amines) is 1. The molecule has 4 nitrogen and oxygen atoms in total. The summed E-state index contributed by atoms with van der Waals surface area (Å²) in [6.07, 6.45) is 7.39. The number of carboxylic acids is 1.